The van der Waals surface area contributed by atoms with Crippen molar-refractivity contribution in [2.24, 2.45) is 5.73 Å². The van der Waals surface area contributed by atoms with E-state index in [9.17, 15) is 4.79 Å². The molecule has 3 nitrogen and oxygen atoms in total. The molecule has 0 radical (unpaired) electrons. The van der Waals surface area contributed by atoms with E-state index in [1.807, 2.05) is 0 Å². The maximum atomic E-state index is 9.95. The lowest BCUT2D eigenvalue weighted by molar-refractivity contribution is -0.112. The van der Waals surface area contributed by atoms with Gasteiger partial charge in [0.05, 0.1) is 12.6 Å². The first-order chi connectivity index (χ1) is 3.18. The third kappa shape index (κ3) is 2.61. The Bertz CT molecular complexity index is 75.3. The molecule has 0 rings (SSSR count). The molecule has 0 saturated carbocycles. The van der Waals surface area contributed by atoms with Crippen LogP contribution in [-0.4, -0.2) is 22.9 Å². The van der Waals surface area contributed by atoms with Gasteiger partial charge in [-0.15, -0.1) is 12.6 Å². The lowest BCUT2D eigenvalue weighted by Crippen LogP contribution is -2.30. The summed E-state index contributed by atoms with van der Waals surface area (Å²) in [5, 5.41) is 7.63. The number of thiol groups is 1. The Morgan fingerprint density at radius 3 is 2.43 bits per heavy atom. The number of hydrogen-bond acceptors (Lipinski definition) is 3. The Labute approximate surface area is 46.9 Å². The van der Waals surface area contributed by atoms with Gasteiger partial charge in [-0.25, -0.2) is 0 Å². The van der Waals surface area contributed by atoms with Crippen molar-refractivity contribution in [1.82, 2.24) is 0 Å². The molecule has 0 fully saturated rings. The molecular weight excluding hydrogens is 114 g/mol. The first-order valence-electron chi connectivity index (χ1n) is 1.77. The van der Waals surface area contributed by atoms with E-state index in [-0.39, 0.29) is 6.61 Å². The smallest absolute Gasteiger partial charge is 0.204 e. The number of aliphatic hydroxyl groups is 1. The molecule has 0 heterocycles. The van der Waals surface area contributed by atoms with Crippen LogP contribution in [-0.2, 0) is 4.79 Å². The van der Waals surface area contributed by atoms with Gasteiger partial charge in [0.25, 0.3) is 0 Å². The number of carbonyl (C=O) groups is 1. The van der Waals surface area contributed by atoms with E-state index in [0.29, 0.717) is 0 Å². The molecule has 0 saturated heterocycles. The van der Waals surface area contributed by atoms with Gasteiger partial charge in [0.15, 0.2) is 0 Å². The van der Waals surface area contributed by atoms with Crippen LogP contribution in [0.3, 0.4) is 0 Å². The van der Waals surface area contributed by atoms with Gasteiger partial charge in [0, 0.05) is 0 Å². The SMILES string of the molecule is NC(CO)C(=O)S. The molecule has 42 valence electrons. The van der Waals surface area contributed by atoms with Crippen LogP contribution in [0.15, 0.2) is 0 Å². The molecule has 1 unspecified atom stereocenters. The fourth-order valence-corrected chi connectivity index (χ4v) is 0.160. The molecule has 3 N–H and O–H groups in total. The Kier molecular flexibility index (Phi) is 2.98. The van der Waals surface area contributed by atoms with Gasteiger partial charge in [-0.3, -0.25) is 4.79 Å². The quantitative estimate of drug-likeness (QED) is 0.400. The summed E-state index contributed by atoms with van der Waals surface area (Å²) in [6.07, 6.45) is 0. The highest BCUT2D eigenvalue weighted by Crippen LogP contribution is 1.82. The second-order valence-corrected chi connectivity index (χ2v) is 1.57. The van der Waals surface area contributed by atoms with E-state index < -0.39 is 11.2 Å². The maximum Gasteiger partial charge on any atom is 0.204 e. The van der Waals surface area contributed by atoms with Crippen molar-refractivity contribution in [3.05, 3.63) is 0 Å². The molecule has 1 atom stereocenters. The summed E-state index contributed by atoms with van der Waals surface area (Å²) in [6, 6.07) is -0.816. The van der Waals surface area contributed by atoms with E-state index >= 15 is 0 Å². The first kappa shape index (κ1) is 6.94. The van der Waals surface area contributed by atoms with Crippen molar-refractivity contribution in [3.63, 3.8) is 0 Å². The van der Waals surface area contributed by atoms with E-state index in [1.54, 1.807) is 0 Å². The van der Waals surface area contributed by atoms with Gasteiger partial charge >= 0.3 is 0 Å². The summed E-state index contributed by atoms with van der Waals surface area (Å²) < 4.78 is 0. The molecular formula is C3H7NO2S. The first-order valence-corrected chi connectivity index (χ1v) is 2.22. The van der Waals surface area contributed by atoms with Crippen molar-refractivity contribution in [2.45, 2.75) is 6.04 Å². The highest BCUT2D eigenvalue weighted by Gasteiger charge is 2.04. The summed E-state index contributed by atoms with van der Waals surface area (Å²) in [5.74, 6) is 0. The summed E-state index contributed by atoms with van der Waals surface area (Å²) in [7, 11) is 0. The van der Waals surface area contributed by atoms with Gasteiger partial charge in [-0.05, 0) is 0 Å². The predicted octanol–water partition coefficient (Wildman–Crippen LogP) is -1.24. The lowest BCUT2D eigenvalue weighted by atomic mass is 10.4. The molecule has 0 aliphatic carbocycles. The molecule has 7 heavy (non-hydrogen) atoms. The molecule has 0 amide bonds. The minimum atomic E-state index is -0.816. The zero-order chi connectivity index (χ0) is 5.86. The Balaban J connectivity index is 3.34. The summed E-state index contributed by atoms with van der Waals surface area (Å²) in [6.45, 7) is -0.331. The van der Waals surface area contributed by atoms with Crippen molar-refractivity contribution in [1.29, 1.82) is 0 Å². The fourth-order valence-electron chi connectivity index (χ4n) is 0.0781. The van der Waals surface area contributed by atoms with Crippen LogP contribution in [0.2, 0.25) is 0 Å². The maximum absolute atomic E-state index is 9.95. The van der Waals surface area contributed by atoms with Crippen molar-refractivity contribution >= 4 is 17.7 Å². The average Bonchev–Trinajstić information content (AvgIpc) is 1.65. The van der Waals surface area contributed by atoms with Crippen LogP contribution in [0.25, 0.3) is 0 Å². The highest BCUT2D eigenvalue weighted by atomic mass is 32.1. The van der Waals surface area contributed by atoms with Crippen molar-refractivity contribution in [3.8, 4) is 0 Å². The van der Waals surface area contributed by atoms with Crippen LogP contribution in [0.5, 0.6) is 0 Å². The minimum Gasteiger partial charge on any atom is -0.394 e. The third-order valence-electron chi connectivity index (χ3n) is 0.514. The number of carbonyl (C=O) groups excluding carboxylic acids is 1. The number of hydrogen-bond donors (Lipinski definition) is 3. The summed E-state index contributed by atoms with van der Waals surface area (Å²) in [4.78, 5) is 9.95. The van der Waals surface area contributed by atoms with Gasteiger partial charge in [-0.2, -0.15) is 0 Å². The highest BCUT2D eigenvalue weighted by molar-refractivity contribution is 7.96. The standard InChI is InChI=1S/C3H7NO2S/c4-2(1-5)3(6)7/h2,5H,1,4H2,(H,6,7). The Morgan fingerprint density at radius 2 is 2.43 bits per heavy atom. The van der Waals surface area contributed by atoms with Gasteiger partial charge in [-0.1, -0.05) is 0 Å². The molecule has 0 aliphatic heterocycles. The predicted molar refractivity (Wildman–Crippen MR) is 29.1 cm³/mol. The molecule has 0 aromatic heterocycles. The largest absolute Gasteiger partial charge is 0.394 e. The summed E-state index contributed by atoms with van der Waals surface area (Å²) in [5.41, 5.74) is 4.94. The number of nitrogens with two attached hydrogens (primary N) is 1. The number of aliphatic hydroxyl groups excluding tert-OH is 1. The monoisotopic (exact) mass is 121 g/mol. The third-order valence-corrected chi connectivity index (χ3v) is 0.846. The van der Waals surface area contributed by atoms with Crippen LogP contribution < -0.4 is 5.73 Å². The minimum absolute atomic E-state index is 0.331. The van der Waals surface area contributed by atoms with E-state index in [0.717, 1.165) is 0 Å². The van der Waals surface area contributed by atoms with Gasteiger partial charge in [0.2, 0.25) is 5.12 Å². The summed E-state index contributed by atoms with van der Waals surface area (Å²) >= 11 is 3.35. The van der Waals surface area contributed by atoms with Crippen LogP contribution in [0.4, 0.5) is 0 Å². The van der Waals surface area contributed by atoms with Gasteiger partial charge in [0.1, 0.15) is 0 Å². The molecule has 4 heteroatoms. The second kappa shape index (κ2) is 3.01. The van der Waals surface area contributed by atoms with Crippen molar-refractivity contribution < 1.29 is 9.90 Å². The second-order valence-electron chi connectivity index (χ2n) is 1.13. The van der Waals surface area contributed by atoms with Crippen LogP contribution in [0.1, 0.15) is 0 Å². The topological polar surface area (TPSA) is 63.3 Å². The molecule has 0 aromatic rings. The number of rotatable bonds is 2. The Hall–Kier alpha value is -0.0600. The van der Waals surface area contributed by atoms with Crippen LogP contribution >= 0.6 is 12.6 Å². The van der Waals surface area contributed by atoms with E-state index in [4.69, 9.17) is 10.8 Å². The lowest BCUT2D eigenvalue weighted by Gasteiger charge is -1.97. The molecule has 0 spiro atoms. The molecule has 0 aliphatic rings. The zero-order valence-corrected chi connectivity index (χ0v) is 4.56. The molecule has 0 aromatic carbocycles. The normalized spacial score (nSPS) is 13.6. The van der Waals surface area contributed by atoms with Gasteiger partial charge < -0.3 is 10.8 Å². The zero-order valence-electron chi connectivity index (χ0n) is 3.66. The van der Waals surface area contributed by atoms with Crippen LogP contribution in [0, 0.1) is 0 Å². The van der Waals surface area contributed by atoms with Crippen molar-refractivity contribution in [2.75, 3.05) is 6.61 Å². The van der Waals surface area contributed by atoms with E-state index in [2.05, 4.69) is 12.6 Å². The Morgan fingerprint density at radius 1 is 2.00 bits per heavy atom. The average molecular weight is 121 g/mol. The van der Waals surface area contributed by atoms with E-state index in [1.165, 1.54) is 0 Å². The fraction of sp³-hybridized carbons (Fsp3) is 0.667. The molecule has 0 bridgehead atoms.